The topological polar surface area (TPSA) is 26.0 Å². The normalized spacial score (nSPS) is 15.3. The van der Waals surface area contributed by atoms with Crippen LogP contribution in [0.1, 0.15) is 31.7 Å². The molecule has 0 aromatic heterocycles. The van der Waals surface area contributed by atoms with Gasteiger partial charge in [-0.2, -0.15) is 0 Å². The molecule has 2 atom stereocenters. The first-order valence-electron chi connectivity index (χ1n) is 4.99. The van der Waals surface area contributed by atoms with Crippen molar-refractivity contribution >= 4 is 0 Å². The Balaban J connectivity index is 2.53. The minimum atomic E-state index is 0.621. The fourth-order valence-corrected chi connectivity index (χ4v) is 1.62. The van der Waals surface area contributed by atoms with Crippen molar-refractivity contribution in [1.82, 2.24) is 0 Å². The van der Waals surface area contributed by atoms with E-state index in [0.717, 1.165) is 6.54 Å². The lowest BCUT2D eigenvalue weighted by atomic mass is 9.91. The molecule has 0 fully saturated rings. The highest BCUT2D eigenvalue weighted by atomic mass is 14.5. The van der Waals surface area contributed by atoms with Crippen LogP contribution in [0.3, 0.4) is 0 Å². The number of nitrogens with two attached hydrogens (primary N) is 1. The Kier molecular flexibility index (Phi) is 3.97. The summed E-state index contributed by atoms with van der Waals surface area (Å²) in [6, 6.07) is 10.6. The maximum atomic E-state index is 5.60. The van der Waals surface area contributed by atoms with Gasteiger partial charge in [-0.15, -0.1) is 0 Å². The molecule has 1 aromatic rings. The summed E-state index contributed by atoms with van der Waals surface area (Å²) in [4.78, 5) is 0. The molecule has 1 nitrogen and oxygen atoms in total. The van der Waals surface area contributed by atoms with Crippen LogP contribution in [-0.4, -0.2) is 6.54 Å². The fraction of sp³-hybridized carbons (Fsp3) is 0.500. The molecule has 0 heterocycles. The third kappa shape index (κ3) is 3.19. The predicted molar refractivity (Wildman–Crippen MR) is 57.7 cm³/mol. The van der Waals surface area contributed by atoms with E-state index in [0.29, 0.717) is 11.8 Å². The van der Waals surface area contributed by atoms with Gasteiger partial charge in [-0.05, 0) is 30.4 Å². The van der Waals surface area contributed by atoms with Crippen molar-refractivity contribution in [3.05, 3.63) is 35.9 Å². The van der Waals surface area contributed by atoms with E-state index in [9.17, 15) is 0 Å². The van der Waals surface area contributed by atoms with Crippen molar-refractivity contribution < 1.29 is 0 Å². The minimum Gasteiger partial charge on any atom is -0.330 e. The molecule has 2 N–H and O–H groups in total. The van der Waals surface area contributed by atoms with Crippen LogP contribution < -0.4 is 5.73 Å². The maximum absolute atomic E-state index is 5.60. The molecule has 0 aliphatic rings. The van der Waals surface area contributed by atoms with Crippen LogP contribution in [0.15, 0.2) is 30.3 Å². The summed E-state index contributed by atoms with van der Waals surface area (Å²) in [6.45, 7) is 5.26. The number of hydrogen-bond acceptors (Lipinski definition) is 1. The SMILES string of the molecule is CC(CN)CC(C)c1ccccc1. The monoisotopic (exact) mass is 177 g/mol. The lowest BCUT2D eigenvalue weighted by Gasteiger charge is -2.15. The number of rotatable bonds is 4. The molecular formula is C12H19N. The first kappa shape index (κ1) is 10.3. The second kappa shape index (κ2) is 5.03. The van der Waals surface area contributed by atoms with E-state index in [2.05, 4.69) is 44.2 Å². The maximum Gasteiger partial charge on any atom is -0.00513 e. The first-order valence-corrected chi connectivity index (χ1v) is 4.99. The molecule has 72 valence electrons. The zero-order chi connectivity index (χ0) is 9.68. The largest absolute Gasteiger partial charge is 0.330 e. The first-order chi connectivity index (χ1) is 6.24. The van der Waals surface area contributed by atoms with Gasteiger partial charge in [0.05, 0.1) is 0 Å². The van der Waals surface area contributed by atoms with Crippen LogP contribution in [0, 0.1) is 5.92 Å². The molecule has 1 heteroatoms. The van der Waals surface area contributed by atoms with E-state index in [1.54, 1.807) is 0 Å². The lowest BCUT2D eigenvalue weighted by molar-refractivity contribution is 0.494. The van der Waals surface area contributed by atoms with Gasteiger partial charge in [0.1, 0.15) is 0 Å². The zero-order valence-electron chi connectivity index (χ0n) is 8.53. The summed E-state index contributed by atoms with van der Waals surface area (Å²) in [7, 11) is 0. The second-order valence-electron chi connectivity index (χ2n) is 3.89. The summed E-state index contributed by atoms with van der Waals surface area (Å²) in [5, 5.41) is 0. The molecule has 0 aliphatic carbocycles. The Hall–Kier alpha value is -0.820. The molecular weight excluding hydrogens is 158 g/mol. The summed E-state index contributed by atoms with van der Waals surface area (Å²) in [5.41, 5.74) is 7.02. The van der Waals surface area contributed by atoms with Crippen molar-refractivity contribution in [1.29, 1.82) is 0 Å². The molecule has 0 spiro atoms. The standard InChI is InChI=1S/C12H19N/c1-10(9-13)8-11(2)12-6-4-3-5-7-12/h3-7,10-11H,8-9,13H2,1-2H3. The van der Waals surface area contributed by atoms with Gasteiger partial charge in [0.2, 0.25) is 0 Å². The third-order valence-corrected chi connectivity index (χ3v) is 2.53. The molecule has 1 rings (SSSR count). The van der Waals surface area contributed by atoms with E-state index in [4.69, 9.17) is 5.73 Å². The summed E-state index contributed by atoms with van der Waals surface area (Å²) in [5.74, 6) is 1.25. The lowest BCUT2D eigenvalue weighted by Crippen LogP contribution is -2.13. The molecule has 1 aromatic carbocycles. The molecule has 0 aliphatic heterocycles. The fourth-order valence-electron chi connectivity index (χ4n) is 1.62. The second-order valence-corrected chi connectivity index (χ2v) is 3.89. The summed E-state index contributed by atoms with van der Waals surface area (Å²) in [6.07, 6.45) is 1.18. The van der Waals surface area contributed by atoms with Gasteiger partial charge in [-0.1, -0.05) is 44.2 Å². The highest BCUT2D eigenvalue weighted by Gasteiger charge is 2.08. The van der Waals surface area contributed by atoms with Gasteiger partial charge < -0.3 is 5.73 Å². The van der Waals surface area contributed by atoms with E-state index in [1.165, 1.54) is 12.0 Å². The highest BCUT2D eigenvalue weighted by Crippen LogP contribution is 2.22. The van der Waals surface area contributed by atoms with Crippen molar-refractivity contribution in [3.8, 4) is 0 Å². The molecule has 0 amide bonds. The Morgan fingerprint density at radius 2 is 1.77 bits per heavy atom. The third-order valence-electron chi connectivity index (χ3n) is 2.53. The Labute approximate surface area is 81.0 Å². The van der Waals surface area contributed by atoms with Crippen LogP contribution in [-0.2, 0) is 0 Å². The average molecular weight is 177 g/mol. The van der Waals surface area contributed by atoms with Gasteiger partial charge in [-0.3, -0.25) is 0 Å². The molecule has 2 unspecified atom stereocenters. The molecule has 0 saturated carbocycles. The Morgan fingerprint density at radius 1 is 1.15 bits per heavy atom. The molecule has 13 heavy (non-hydrogen) atoms. The number of hydrogen-bond donors (Lipinski definition) is 1. The Bertz CT molecular complexity index is 230. The molecule has 0 saturated heterocycles. The number of benzene rings is 1. The smallest absolute Gasteiger partial charge is 0.00513 e. The van der Waals surface area contributed by atoms with Crippen LogP contribution in [0.25, 0.3) is 0 Å². The van der Waals surface area contributed by atoms with Crippen LogP contribution >= 0.6 is 0 Å². The van der Waals surface area contributed by atoms with Crippen molar-refractivity contribution in [2.45, 2.75) is 26.2 Å². The zero-order valence-corrected chi connectivity index (χ0v) is 8.53. The van der Waals surface area contributed by atoms with Gasteiger partial charge in [0, 0.05) is 0 Å². The van der Waals surface area contributed by atoms with Crippen LogP contribution in [0.2, 0.25) is 0 Å². The molecule has 0 bridgehead atoms. The quantitative estimate of drug-likeness (QED) is 0.752. The van der Waals surface area contributed by atoms with E-state index in [-0.39, 0.29) is 0 Å². The highest BCUT2D eigenvalue weighted by molar-refractivity contribution is 5.18. The van der Waals surface area contributed by atoms with Gasteiger partial charge in [-0.25, -0.2) is 0 Å². The van der Waals surface area contributed by atoms with E-state index < -0.39 is 0 Å². The minimum absolute atomic E-state index is 0.621. The van der Waals surface area contributed by atoms with Gasteiger partial charge >= 0.3 is 0 Å². The summed E-state index contributed by atoms with van der Waals surface area (Å²) >= 11 is 0. The molecule has 0 radical (unpaired) electrons. The van der Waals surface area contributed by atoms with E-state index in [1.807, 2.05) is 0 Å². The Morgan fingerprint density at radius 3 is 2.31 bits per heavy atom. The van der Waals surface area contributed by atoms with Crippen LogP contribution in [0.4, 0.5) is 0 Å². The van der Waals surface area contributed by atoms with Gasteiger partial charge in [0.25, 0.3) is 0 Å². The van der Waals surface area contributed by atoms with Crippen LogP contribution in [0.5, 0.6) is 0 Å². The average Bonchev–Trinajstić information content (AvgIpc) is 2.19. The summed E-state index contributed by atoms with van der Waals surface area (Å²) < 4.78 is 0. The van der Waals surface area contributed by atoms with E-state index >= 15 is 0 Å². The van der Waals surface area contributed by atoms with Crippen molar-refractivity contribution in [3.63, 3.8) is 0 Å². The van der Waals surface area contributed by atoms with Gasteiger partial charge in [0.15, 0.2) is 0 Å². The van der Waals surface area contributed by atoms with Crippen molar-refractivity contribution in [2.24, 2.45) is 11.7 Å². The predicted octanol–water partition coefficient (Wildman–Crippen LogP) is 2.78. The van der Waals surface area contributed by atoms with Crippen molar-refractivity contribution in [2.75, 3.05) is 6.54 Å².